The molecule has 2 aliphatic rings. The number of amides is 1. The van der Waals surface area contributed by atoms with Crippen molar-refractivity contribution in [2.75, 3.05) is 32.5 Å². The maximum Gasteiger partial charge on any atom is 0.244 e. The number of ether oxygens (including phenoxy) is 1. The van der Waals surface area contributed by atoms with Crippen LogP contribution in [0.15, 0.2) is 48.5 Å². The molecule has 4 rings (SSSR count). The molecule has 0 saturated carbocycles. The molecule has 0 radical (unpaired) electrons. The molecule has 2 heterocycles. The Labute approximate surface area is 215 Å². The van der Waals surface area contributed by atoms with E-state index in [1.54, 1.807) is 14.0 Å². The van der Waals surface area contributed by atoms with Gasteiger partial charge in [0.2, 0.25) is 15.9 Å². The van der Waals surface area contributed by atoms with Crippen LogP contribution in [0.3, 0.4) is 0 Å². The van der Waals surface area contributed by atoms with Gasteiger partial charge in [0.25, 0.3) is 0 Å². The molecule has 2 aromatic rings. The van der Waals surface area contributed by atoms with Crippen molar-refractivity contribution in [3.63, 3.8) is 0 Å². The Kier molecular flexibility index (Phi) is 7.51. The molecule has 0 aliphatic carbocycles. The molecule has 36 heavy (non-hydrogen) atoms. The molecule has 0 bridgehead atoms. The van der Waals surface area contributed by atoms with Crippen molar-refractivity contribution in [1.82, 2.24) is 14.5 Å². The van der Waals surface area contributed by atoms with Gasteiger partial charge >= 0.3 is 0 Å². The summed E-state index contributed by atoms with van der Waals surface area (Å²) >= 11 is 0. The first-order chi connectivity index (χ1) is 17.0. The van der Waals surface area contributed by atoms with Crippen LogP contribution in [-0.4, -0.2) is 61.6 Å². The lowest BCUT2D eigenvalue weighted by atomic mass is 9.86. The lowest BCUT2D eigenvalue weighted by Crippen LogP contribution is -2.55. The van der Waals surface area contributed by atoms with E-state index in [0.717, 1.165) is 23.3 Å². The first kappa shape index (κ1) is 26.6. The van der Waals surface area contributed by atoms with Crippen LogP contribution in [0.25, 0.3) is 0 Å². The van der Waals surface area contributed by atoms with Gasteiger partial charge in [0.05, 0.1) is 12.9 Å². The van der Waals surface area contributed by atoms with E-state index in [1.807, 2.05) is 29.2 Å². The number of nitrogens with zero attached hydrogens (tertiary/aromatic N) is 2. The molecule has 1 amide bonds. The zero-order valence-corrected chi connectivity index (χ0v) is 22.9. The molecule has 7 nitrogen and oxygen atoms in total. The van der Waals surface area contributed by atoms with Gasteiger partial charge in [0.1, 0.15) is 17.5 Å². The highest BCUT2D eigenvalue weighted by Gasteiger charge is 2.53. The van der Waals surface area contributed by atoms with Gasteiger partial charge < -0.3 is 9.64 Å². The van der Waals surface area contributed by atoms with Crippen LogP contribution in [0.5, 0.6) is 5.75 Å². The van der Waals surface area contributed by atoms with Crippen molar-refractivity contribution in [2.45, 2.75) is 64.1 Å². The number of hydrogen-bond donors (Lipinski definition) is 1. The smallest absolute Gasteiger partial charge is 0.244 e. The van der Waals surface area contributed by atoms with Crippen LogP contribution in [0.1, 0.15) is 63.4 Å². The fourth-order valence-corrected chi connectivity index (χ4v) is 6.29. The maximum absolute atomic E-state index is 13.9. The molecule has 196 valence electrons. The Hall–Kier alpha value is -2.42. The van der Waals surface area contributed by atoms with Crippen molar-refractivity contribution in [1.29, 1.82) is 0 Å². The van der Waals surface area contributed by atoms with Crippen LogP contribution in [0, 0.1) is 0 Å². The number of hydrogen-bond acceptors (Lipinski definition) is 5. The van der Waals surface area contributed by atoms with Gasteiger partial charge in [0, 0.05) is 19.6 Å². The van der Waals surface area contributed by atoms with E-state index in [-0.39, 0.29) is 23.2 Å². The average Bonchev–Trinajstić information content (AvgIpc) is 3.13. The largest absolute Gasteiger partial charge is 0.497 e. The van der Waals surface area contributed by atoms with Crippen molar-refractivity contribution in [2.24, 2.45) is 0 Å². The molecule has 2 saturated heterocycles. The van der Waals surface area contributed by atoms with E-state index in [0.29, 0.717) is 32.5 Å². The quantitative estimate of drug-likeness (QED) is 0.609. The summed E-state index contributed by atoms with van der Waals surface area (Å²) in [6.07, 6.45) is 1.42. The van der Waals surface area contributed by atoms with Gasteiger partial charge in [-0.05, 0) is 60.4 Å². The highest BCUT2D eigenvalue weighted by Crippen LogP contribution is 2.38. The van der Waals surface area contributed by atoms with Crippen LogP contribution in [0.4, 0.5) is 0 Å². The first-order valence-electron chi connectivity index (χ1n) is 12.8. The summed E-state index contributed by atoms with van der Waals surface area (Å²) in [5, 5.41) is 3.66. The molecule has 2 aliphatic heterocycles. The molecule has 1 spiro atoms. The predicted octanol–water partition coefficient (Wildman–Crippen LogP) is 3.85. The zero-order valence-electron chi connectivity index (χ0n) is 22.1. The van der Waals surface area contributed by atoms with Crippen LogP contribution in [0.2, 0.25) is 0 Å². The minimum atomic E-state index is -3.26. The Morgan fingerprint density at radius 1 is 1.03 bits per heavy atom. The third-order valence-electron chi connectivity index (χ3n) is 7.62. The monoisotopic (exact) mass is 513 g/mol. The van der Waals surface area contributed by atoms with Gasteiger partial charge in [-0.25, -0.2) is 12.7 Å². The molecular formula is C28H39N3O4S. The molecular weight excluding hydrogens is 474 g/mol. The van der Waals surface area contributed by atoms with Crippen LogP contribution in [-0.2, 0) is 26.7 Å². The van der Waals surface area contributed by atoms with Gasteiger partial charge in [0.15, 0.2) is 0 Å². The Morgan fingerprint density at radius 2 is 1.64 bits per heavy atom. The van der Waals surface area contributed by atoms with E-state index >= 15 is 0 Å². The fraction of sp³-hybridized carbons (Fsp3) is 0.536. The summed E-state index contributed by atoms with van der Waals surface area (Å²) < 4.78 is 31.6. The van der Waals surface area contributed by atoms with Gasteiger partial charge in [-0.1, -0.05) is 57.2 Å². The molecule has 1 N–H and O–H groups in total. The lowest BCUT2D eigenvalue weighted by molar-refractivity contribution is -0.134. The maximum atomic E-state index is 13.9. The van der Waals surface area contributed by atoms with Crippen molar-refractivity contribution >= 4 is 15.9 Å². The number of benzene rings is 2. The van der Waals surface area contributed by atoms with Crippen molar-refractivity contribution in [3.05, 3.63) is 65.2 Å². The van der Waals surface area contributed by atoms with Gasteiger partial charge in [-0.15, -0.1) is 0 Å². The summed E-state index contributed by atoms with van der Waals surface area (Å²) in [4.78, 5) is 15.9. The highest BCUT2D eigenvalue weighted by molar-refractivity contribution is 7.89. The van der Waals surface area contributed by atoms with Crippen molar-refractivity contribution < 1.29 is 17.9 Å². The first-order valence-corrected chi connectivity index (χ1v) is 14.4. The average molecular weight is 514 g/mol. The number of carbonyl (C=O) groups is 1. The van der Waals surface area contributed by atoms with Crippen molar-refractivity contribution in [3.8, 4) is 5.75 Å². The summed E-state index contributed by atoms with van der Waals surface area (Å²) in [5.41, 5.74) is 2.73. The zero-order chi connectivity index (χ0) is 26.1. The number of methoxy groups -OCH3 is 1. The van der Waals surface area contributed by atoms with E-state index < -0.39 is 15.6 Å². The number of rotatable bonds is 7. The fourth-order valence-electron chi connectivity index (χ4n) is 5.18. The lowest BCUT2D eigenvalue weighted by Gasteiger charge is -2.37. The summed E-state index contributed by atoms with van der Waals surface area (Å²) in [5.74, 6) is 0.953. The molecule has 0 aromatic heterocycles. The number of piperidine rings is 1. The second kappa shape index (κ2) is 10.1. The Morgan fingerprint density at radius 3 is 2.17 bits per heavy atom. The Balaban J connectivity index is 1.58. The number of nitrogens with one attached hydrogen (secondary N) is 1. The normalized spacial score (nSPS) is 20.8. The van der Waals surface area contributed by atoms with Crippen LogP contribution < -0.4 is 10.1 Å². The summed E-state index contributed by atoms with van der Waals surface area (Å²) in [6.45, 7) is 9.52. The van der Waals surface area contributed by atoms with Crippen LogP contribution >= 0.6 is 0 Å². The number of sulfonamides is 1. The molecule has 8 heteroatoms. The SMILES string of the molecule is CCS(=O)(=O)N1CCC2(CC1)NC(c1ccc(C(C)(C)C)cc1)N(CCc1ccc(OC)cc1)C2=O. The predicted molar refractivity (Wildman–Crippen MR) is 142 cm³/mol. The summed E-state index contributed by atoms with van der Waals surface area (Å²) in [7, 11) is -1.62. The molecule has 2 fully saturated rings. The summed E-state index contributed by atoms with van der Waals surface area (Å²) in [6, 6.07) is 16.5. The van der Waals surface area contributed by atoms with Gasteiger partial charge in [-0.2, -0.15) is 0 Å². The molecule has 1 unspecified atom stereocenters. The second-order valence-corrected chi connectivity index (χ2v) is 13.2. The van der Waals surface area contributed by atoms with E-state index in [4.69, 9.17) is 4.74 Å². The van der Waals surface area contributed by atoms with E-state index in [1.165, 1.54) is 9.87 Å². The topological polar surface area (TPSA) is 79.0 Å². The number of carbonyl (C=O) groups excluding carboxylic acids is 1. The van der Waals surface area contributed by atoms with E-state index in [9.17, 15) is 13.2 Å². The highest BCUT2D eigenvalue weighted by atomic mass is 32.2. The van der Waals surface area contributed by atoms with Gasteiger partial charge in [-0.3, -0.25) is 10.1 Å². The third kappa shape index (κ3) is 5.31. The third-order valence-corrected chi connectivity index (χ3v) is 9.50. The minimum Gasteiger partial charge on any atom is -0.497 e. The molecule has 1 atom stereocenters. The minimum absolute atomic E-state index is 0.0460. The standard InChI is InChI=1S/C28H39N3O4S/c1-6-36(33,34)30-19-16-28(17-20-30)26(32)31(18-15-21-7-13-24(35-5)14-8-21)25(29-28)22-9-11-23(12-10-22)27(2,3)4/h7-14,25,29H,6,15-20H2,1-5H3. The molecule has 2 aromatic carbocycles. The second-order valence-electron chi connectivity index (χ2n) is 10.9. The Bertz CT molecular complexity index is 1160. The van der Waals surface area contributed by atoms with E-state index in [2.05, 4.69) is 50.4 Å².